The summed E-state index contributed by atoms with van der Waals surface area (Å²) < 4.78 is 0. The monoisotopic (exact) mass is 763 g/mol. The molecule has 0 aromatic heterocycles. The average molecular weight is 764 g/mol. The molecule has 1 aliphatic carbocycles. The average Bonchev–Trinajstić information content (AvgIpc) is 3.64. The van der Waals surface area contributed by atoms with Gasteiger partial charge in [0.1, 0.15) is 0 Å². The Morgan fingerprint density at radius 2 is 0.700 bits per heavy atom. The second kappa shape index (κ2) is 14.9. The zero-order valence-corrected chi connectivity index (χ0v) is 33.1. The van der Waals surface area contributed by atoms with E-state index in [-0.39, 0.29) is 0 Å². The standard InChI is InChI=1S/C59H41N/c1-4-18-42(19-5-1)43-34-38-48(39-35-43)60(57-33-15-12-28-53(57)54-30-17-23-45-22-16-29-50(58(45)54)44-20-6-2-7-21-44)49-40-36-47(37-41-49)59(46-24-8-3-9-25-46)55-31-13-10-26-51(55)52-27-11-14-32-56(52)59/h1-41H. The molecule has 1 nitrogen and oxygen atoms in total. The third-order valence-corrected chi connectivity index (χ3v) is 12.4. The molecule has 0 spiro atoms. The molecular weight excluding hydrogens is 723 g/mol. The van der Waals surface area contributed by atoms with Crippen LogP contribution in [0.15, 0.2) is 249 Å². The third-order valence-electron chi connectivity index (χ3n) is 12.4. The molecule has 10 aromatic rings. The van der Waals surface area contributed by atoms with Gasteiger partial charge in [0.05, 0.1) is 11.1 Å². The van der Waals surface area contributed by atoms with Gasteiger partial charge < -0.3 is 4.90 Å². The number of hydrogen-bond acceptors (Lipinski definition) is 1. The van der Waals surface area contributed by atoms with E-state index in [2.05, 4.69) is 254 Å². The first kappa shape index (κ1) is 35.4. The Morgan fingerprint density at radius 1 is 0.267 bits per heavy atom. The summed E-state index contributed by atoms with van der Waals surface area (Å²) in [7, 11) is 0. The fourth-order valence-electron chi connectivity index (χ4n) is 9.75. The van der Waals surface area contributed by atoms with Gasteiger partial charge in [0.15, 0.2) is 0 Å². The summed E-state index contributed by atoms with van der Waals surface area (Å²) in [5.41, 5.74) is 17.7. The fourth-order valence-corrected chi connectivity index (χ4v) is 9.75. The highest BCUT2D eigenvalue weighted by atomic mass is 15.1. The van der Waals surface area contributed by atoms with Crippen LogP contribution in [0, 0.1) is 0 Å². The van der Waals surface area contributed by atoms with Crippen LogP contribution >= 0.6 is 0 Å². The van der Waals surface area contributed by atoms with E-state index in [0.717, 1.165) is 17.1 Å². The lowest BCUT2D eigenvalue weighted by Gasteiger charge is -2.34. The van der Waals surface area contributed by atoms with Gasteiger partial charge in [-0.15, -0.1) is 0 Å². The van der Waals surface area contributed by atoms with Crippen LogP contribution in [-0.4, -0.2) is 0 Å². The highest BCUT2D eigenvalue weighted by Crippen LogP contribution is 2.56. The van der Waals surface area contributed by atoms with Crippen LogP contribution < -0.4 is 4.90 Å². The van der Waals surface area contributed by atoms with Crippen LogP contribution in [0.3, 0.4) is 0 Å². The minimum atomic E-state index is -0.468. The second-order valence-corrected chi connectivity index (χ2v) is 15.6. The van der Waals surface area contributed by atoms with Crippen molar-refractivity contribution in [2.75, 3.05) is 4.90 Å². The Bertz CT molecular complexity index is 3060. The minimum absolute atomic E-state index is 0.468. The summed E-state index contributed by atoms with van der Waals surface area (Å²) in [6.07, 6.45) is 0. The predicted molar refractivity (Wildman–Crippen MR) is 252 cm³/mol. The smallest absolute Gasteiger partial charge is 0.0713 e. The molecule has 0 aliphatic heterocycles. The molecular formula is C59H41N. The predicted octanol–water partition coefficient (Wildman–Crippen LogP) is 15.7. The Labute approximate surface area is 352 Å². The van der Waals surface area contributed by atoms with Crippen LogP contribution in [0.5, 0.6) is 0 Å². The van der Waals surface area contributed by atoms with Crippen LogP contribution in [-0.2, 0) is 5.41 Å². The number of hydrogen-bond donors (Lipinski definition) is 0. The maximum Gasteiger partial charge on any atom is 0.0713 e. The summed E-state index contributed by atoms with van der Waals surface area (Å²) >= 11 is 0. The van der Waals surface area contributed by atoms with Crippen molar-refractivity contribution in [2.45, 2.75) is 5.41 Å². The third kappa shape index (κ3) is 5.78. The molecule has 0 N–H and O–H groups in total. The lowest BCUT2D eigenvalue weighted by molar-refractivity contribution is 0.768. The number of rotatable bonds is 8. The molecule has 0 unspecified atom stereocenters. The van der Waals surface area contributed by atoms with Crippen molar-refractivity contribution in [1.82, 2.24) is 0 Å². The Hall–Kier alpha value is -7.74. The molecule has 0 heterocycles. The molecule has 282 valence electrons. The van der Waals surface area contributed by atoms with E-state index in [1.165, 1.54) is 77.5 Å². The van der Waals surface area contributed by atoms with E-state index in [0.29, 0.717) is 0 Å². The van der Waals surface area contributed by atoms with Crippen LogP contribution in [0.2, 0.25) is 0 Å². The van der Waals surface area contributed by atoms with E-state index < -0.39 is 5.41 Å². The van der Waals surface area contributed by atoms with Crippen molar-refractivity contribution in [2.24, 2.45) is 0 Å². The van der Waals surface area contributed by atoms with Gasteiger partial charge in [-0.3, -0.25) is 0 Å². The van der Waals surface area contributed by atoms with Gasteiger partial charge >= 0.3 is 0 Å². The Kier molecular flexibility index (Phi) is 8.79. The fraction of sp³-hybridized carbons (Fsp3) is 0.0169. The summed E-state index contributed by atoms with van der Waals surface area (Å²) in [6, 6.07) is 91.0. The first-order valence-corrected chi connectivity index (χ1v) is 20.8. The molecule has 60 heavy (non-hydrogen) atoms. The van der Waals surface area contributed by atoms with Gasteiger partial charge in [0.2, 0.25) is 0 Å². The number of anilines is 3. The highest BCUT2D eigenvalue weighted by Gasteiger charge is 2.45. The number of fused-ring (bicyclic) bond motifs is 4. The van der Waals surface area contributed by atoms with Gasteiger partial charge in [-0.2, -0.15) is 0 Å². The topological polar surface area (TPSA) is 3.24 Å². The molecule has 0 atom stereocenters. The van der Waals surface area contributed by atoms with E-state index in [9.17, 15) is 0 Å². The normalized spacial score (nSPS) is 12.5. The molecule has 0 radical (unpaired) electrons. The van der Waals surface area contributed by atoms with Crippen LogP contribution in [0.4, 0.5) is 17.1 Å². The summed E-state index contributed by atoms with van der Waals surface area (Å²) in [4.78, 5) is 2.43. The molecule has 10 aromatic carbocycles. The van der Waals surface area contributed by atoms with Gasteiger partial charge in [0, 0.05) is 16.9 Å². The van der Waals surface area contributed by atoms with E-state index in [1.807, 2.05) is 0 Å². The van der Waals surface area contributed by atoms with Crippen LogP contribution in [0.1, 0.15) is 22.3 Å². The van der Waals surface area contributed by atoms with Gasteiger partial charge in [-0.25, -0.2) is 0 Å². The molecule has 0 bridgehead atoms. The van der Waals surface area contributed by atoms with Crippen LogP contribution in [0.25, 0.3) is 55.3 Å². The quantitative estimate of drug-likeness (QED) is 0.149. The minimum Gasteiger partial charge on any atom is -0.310 e. The van der Waals surface area contributed by atoms with E-state index in [1.54, 1.807) is 0 Å². The van der Waals surface area contributed by atoms with E-state index in [4.69, 9.17) is 0 Å². The van der Waals surface area contributed by atoms with Gasteiger partial charge in [-0.05, 0) is 102 Å². The molecule has 1 aliphatic rings. The molecule has 11 rings (SSSR count). The van der Waals surface area contributed by atoms with Gasteiger partial charge in [-0.1, -0.05) is 218 Å². The molecule has 0 saturated heterocycles. The van der Waals surface area contributed by atoms with Crippen molar-refractivity contribution in [3.8, 4) is 44.5 Å². The van der Waals surface area contributed by atoms with Crippen molar-refractivity contribution < 1.29 is 0 Å². The van der Waals surface area contributed by atoms with Crippen molar-refractivity contribution in [3.05, 3.63) is 271 Å². The van der Waals surface area contributed by atoms with Crippen molar-refractivity contribution in [1.29, 1.82) is 0 Å². The SMILES string of the molecule is c1ccc(-c2ccc(N(c3ccc(C4(c5ccccc5)c5ccccc5-c5ccccc54)cc3)c3ccccc3-c3cccc4cccc(-c5ccccc5)c34)cc2)cc1. The molecule has 0 saturated carbocycles. The summed E-state index contributed by atoms with van der Waals surface area (Å²) in [6.45, 7) is 0. The molecule has 0 fully saturated rings. The second-order valence-electron chi connectivity index (χ2n) is 15.6. The lowest BCUT2D eigenvalue weighted by atomic mass is 9.68. The molecule has 0 amide bonds. The largest absolute Gasteiger partial charge is 0.310 e. The molecule has 1 heteroatoms. The zero-order chi connectivity index (χ0) is 39.9. The lowest BCUT2D eigenvalue weighted by Crippen LogP contribution is -2.28. The number of para-hydroxylation sites is 1. The summed E-state index contributed by atoms with van der Waals surface area (Å²) in [5.74, 6) is 0. The zero-order valence-electron chi connectivity index (χ0n) is 33.1. The van der Waals surface area contributed by atoms with Crippen molar-refractivity contribution in [3.63, 3.8) is 0 Å². The summed E-state index contributed by atoms with van der Waals surface area (Å²) in [5, 5.41) is 2.46. The van der Waals surface area contributed by atoms with Crippen molar-refractivity contribution >= 4 is 27.8 Å². The maximum absolute atomic E-state index is 2.43. The highest BCUT2D eigenvalue weighted by molar-refractivity contribution is 6.08. The first-order chi connectivity index (χ1) is 29.8. The maximum atomic E-state index is 2.43. The van der Waals surface area contributed by atoms with E-state index >= 15 is 0 Å². The first-order valence-electron chi connectivity index (χ1n) is 20.8. The number of nitrogens with zero attached hydrogens (tertiary/aromatic N) is 1. The Balaban J connectivity index is 1.12. The van der Waals surface area contributed by atoms with Gasteiger partial charge in [0.25, 0.3) is 0 Å². The number of benzene rings is 10. The Morgan fingerprint density at radius 3 is 1.32 bits per heavy atom.